The van der Waals surface area contributed by atoms with Crippen LogP contribution in [0.3, 0.4) is 0 Å². The minimum Gasteiger partial charge on any atom is -0.383 e. The fourth-order valence-electron chi connectivity index (χ4n) is 2.69. The summed E-state index contributed by atoms with van der Waals surface area (Å²) < 4.78 is 0. The van der Waals surface area contributed by atoms with E-state index in [1.165, 1.54) is 6.20 Å². The summed E-state index contributed by atoms with van der Waals surface area (Å²) >= 11 is 0. The van der Waals surface area contributed by atoms with Gasteiger partial charge in [-0.05, 0) is 36.5 Å². The molecular formula is C18H19N3O3. The Morgan fingerprint density at radius 1 is 1.12 bits per heavy atom. The maximum absolute atomic E-state index is 12.0. The largest absolute Gasteiger partial charge is 0.383 e. The number of amides is 2. The maximum atomic E-state index is 12.0. The topological polar surface area (TPSA) is 91.3 Å². The molecule has 1 fully saturated rings. The molecule has 1 aromatic carbocycles. The number of nitrogens with one attached hydrogen (secondary N) is 2. The molecule has 24 heavy (non-hydrogen) atoms. The van der Waals surface area contributed by atoms with Crippen LogP contribution in [0.4, 0.5) is 5.69 Å². The molecule has 0 aliphatic heterocycles. The van der Waals surface area contributed by atoms with E-state index in [2.05, 4.69) is 15.6 Å². The molecule has 3 N–H and O–H groups in total. The van der Waals surface area contributed by atoms with Crippen molar-refractivity contribution in [1.82, 2.24) is 10.3 Å². The molecule has 0 saturated heterocycles. The summed E-state index contributed by atoms with van der Waals surface area (Å²) in [5, 5.41) is 16.0. The average Bonchev–Trinajstić information content (AvgIpc) is 3.46. The summed E-state index contributed by atoms with van der Waals surface area (Å²) in [5.41, 5.74) is 0.0459. The monoisotopic (exact) mass is 325 g/mol. The molecule has 1 saturated carbocycles. The lowest BCUT2D eigenvalue weighted by Gasteiger charge is -2.29. The molecule has 2 aromatic rings. The van der Waals surface area contributed by atoms with Crippen LogP contribution in [-0.4, -0.2) is 28.4 Å². The van der Waals surface area contributed by atoms with Gasteiger partial charge in [0.25, 0.3) is 0 Å². The number of nitrogens with zero attached hydrogens (tertiary/aromatic N) is 1. The summed E-state index contributed by atoms with van der Waals surface area (Å²) in [6.07, 6.45) is 4.84. The van der Waals surface area contributed by atoms with Crippen LogP contribution in [0.1, 0.15) is 18.4 Å². The van der Waals surface area contributed by atoms with Crippen molar-refractivity contribution in [1.29, 1.82) is 0 Å². The van der Waals surface area contributed by atoms with Crippen LogP contribution in [0.15, 0.2) is 54.9 Å². The average molecular weight is 325 g/mol. The molecule has 1 aliphatic carbocycles. The SMILES string of the molecule is O=C(NC[C@@](O)(c1ccccc1)C1CC1)C(=O)Nc1cccnc1. The van der Waals surface area contributed by atoms with Crippen molar-refractivity contribution in [2.75, 3.05) is 11.9 Å². The Balaban J connectivity index is 1.63. The molecule has 0 spiro atoms. The first-order valence-corrected chi connectivity index (χ1v) is 7.87. The van der Waals surface area contributed by atoms with Gasteiger partial charge < -0.3 is 15.7 Å². The second kappa shape index (κ2) is 6.80. The van der Waals surface area contributed by atoms with Gasteiger partial charge in [0.15, 0.2) is 0 Å². The van der Waals surface area contributed by atoms with Gasteiger partial charge in [-0.25, -0.2) is 0 Å². The van der Waals surface area contributed by atoms with Crippen LogP contribution < -0.4 is 10.6 Å². The van der Waals surface area contributed by atoms with E-state index in [0.717, 1.165) is 18.4 Å². The molecule has 0 radical (unpaired) electrons. The Morgan fingerprint density at radius 2 is 1.88 bits per heavy atom. The van der Waals surface area contributed by atoms with Gasteiger partial charge in [-0.3, -0.25) is 14.6 Å². The summed E-state index contributed by atoms with van der Waals surface area (Å²) in [6, 6.07) is 12.5. The summed E-state index contributed by atoms with van der Waals surface area (Å²) in [6.45, 7) is 0.000965. The Labute approximate surface area is 139 Å². The number of aromatic nitrogens is 1. The number of hydrogen-bond acceptors (Lipinski definition) is 4. The van der Waals surface area contributed by atoms with E-state index in [-0.39, 0.29) is 12.5 Å². The molecule has 1 atom stereocenters. The zero-order valence-electron chi connectivity index (χ0n) is 13.1. The van der Waals surface area contributed by atoms with Crippen molar-refractivity contribution >= 4 is 17.5 Å². The molecule has 2 amide bonds. The smallest absolute Gasteiger partial charge is 0.313 e. The van der Waals surface area contributed by atoms with Crippen molar-refractivity contribution in [2.45, 2.75) is 18.4 Å². The highest BCUT2D eigenvalue weighted by Crippen LogP contribution is 2.45. The number of carbonyl (C=O) groups is 2. The third-order valence-electron chi connectivity index (χ3n) is 4.17. The van der Waals surface area contributed by atoms with Gasteiger partial charge in [-0.1, -0.05) is 30.3 Å². The number of rotatable bonds is 5. The minimum absolute atomic E-state index is 0.000965. The number of pyridine rings is 1. The number of benzene rings is 1. The predicted molar refractivity (Wildman–Crippen MR) is 88.9 cm³/mol. The normalized spacial score (nSPS) is 16.0. The lowest BCUT2D eigenvalue weighted by atomic mass is 9.88. The van der Waals surface area contributed by atoms with Gasteiger partial charge in [0.05, 0.1) is 18.4 Å². The fraction of sp³-hybridized carbons (Fsp3) is 0.278. The Kier molecular flexibility index (Phi) is 4.57. The van der Waals surface area contributed by atoms with Gasteiger partial charge in [0.1, 0.15) is 5.60 Å². The summed E-state index contributed by atoms with van der Waals surface area (Å²) in [7, 11) is 0. The highest BCUT2D eigenvalue weighted by atomic mass is 16.3. The molecule has 0 unspecified atom stereocenters. The van der Waals surface area contributed by atoms with E-state index in [1.807, 2.05) is 30.3 Å². The first kappa shape index (κ1) is 16.1. The fourth-order valence-corrected chi connectivity index (χ4v) is 2.69. The summed E-state index contributed by atoms with van der Waals surface area (Å²) in [5.74, 6) is -1.47. The van der Waals surface area contributed by atoms with Crippen LogP contribution in [0.5, 0.6) is 0 Å². The van der Waals surface area contributed by atoms with E-state index in [0.29, 0.717) is 5.69 Å². The standard InChI is InChI=1S/C18H19N3O3/c22-16(17(23)21-15-7-4-10-19-11-15)20-12-18(24,14-8-9-14)13-5-2-1-3-6-13/h1-7,10-11,14,24H,8-9,12H2,(H,20,22)(H,21,23)/t18-/m1/s1. The molecule has 6 heteroatoms. The first-order chi connectivity index (χ1) is 11.6. The number of anilines is 1. The molecule has 6 nitrogen and oxygen atoms in total. The predicted octanol–water partition coefficient (Wildman–Crippen LogP) is 1.43. The van der Waals surface area contributed by atoms with Crippen LogP contribution in [0.25, 0.3) is 0 Å². The van der Waals surface area contributed by atoms with Gasteiger partial charge >= 0.3 is 11.8 Å². The Morgan fingerprint density at radius 3 is 2.50 bits per heavy atom. The van der Waals surface area contributed by atoms with Crippen molar-refractivity contribution in [3.8, 4) is 0 Å². The van der Waals surface area contributed by atoms with Crippen LogP contribution in [0, 0.1) is 5.92 Å². The second-order valence-electron chi connectivity index (χ2n) is 5.94. The highest BCUT2D eigenvalue weighted by Gasteiger charge is 2.45. The van der Waals surface area contributed by atoms with E-state index < -0.39 is 17.4 Å². The van der Waals surface area contributed by atoms with E-state index in [4.69, 9.17) is 0 Å². The van der Waals surface area contributed by atoms with Crippen molar-refractivity contribution in [3.63, 3.8) is 0 Å². The molecule has 3 rings (SSSR count). The lowest BCUT2D eigenvalue weighted by molar-refractivity contribution is -0.137. The van der Waals surface area contributed by atoms with Crippen molar-refractivity contribution in [2.24, 2.45) is 5.92 Å². The van der Waals surface area contributed by atoms with Crippen LogP contribution in [0.2, 0.25) is 0 Å². The minimum atomic E-state index is -1.15. The van der Waals surface area contributed by atoms with E-state index >= 15 is 0 Å². The number of aliphatic hydroxyl groups is 1. The maximum Gasteiger partial charge on any atom is 0.313 e. The second-order valence-corrected chi connectivity index (χ2v) is 5.94. The Bertz CT molecular complexity index is 717. The third kappa shape index (κ3) is 3.60. The molecular weight excluding hydrogens is 306 g/mol. The van der Waals surface area contributed by atoms with E-state index in [1.54, 1.807) is 18.3 Å². The number of hydrogen-bond donors (Lipinski definition) is 3. The van der Waals surface area contributed by atoms with Crippen LogP contribution >= 0.6 is 0 Å². The first-order valence-electron chi connectivity index (χ1n) is 7.87. The van der Waals surface area contributed by atoms with Crippen LogP contribution in [-0.2, 0) is 15.2 Å². The quantitative estimate of drug-likeness (QED) is 0.725. The molecule has 1 aromatic heterocycles. The zero-order chi connectivity index (χ0) is 17.0. The van der Waals surface area contributed by atoms with Gasteiger partial charge in [-0.15, -0.1) is 0 Å². The van der Waals surface area contributed by atoms with Crippen molar-refractivity contribution < 1.29 is 14.7 Å². The zero-order valence-corrected chi connectivity index (χ0v) is 13.1. The number of carbonyl (C=O) groups excluding carboxylic acids is 2. The van der Waals surface area contributed by atoms with E-state index in [9.17, 15) is 14.7 Å². The highest BCUT2D eigenvalue weighted by molar-refractivity contribution is 6.39. The van der Waals surface area contributed by atoms with Gasteiger partial charge in [0, 0.05) is 6.20 Å². The van der Waals surface area contributed by atoms with Gasteiger partial charge in [0.2, 0.25) is 0 Å². The molecule has 0 bridgehead atoms. The van der Waals surface area contributed by atoms with Gasteiger partial charge in [-0.2, -0.15) is 0 Å². The third-order valence-corrected chi connectivity index (χ3v) is 4.17. The Hall–Kier alpha value is -2.73. The molecule has 124 valence electrons. The lowest BCUT2D eigenvalue weighted by Crippen LogP contribution is -2.45. The molecule has 1 heterocycles. The van der Waals surface area contributed by atoms with Crippen molar-refractivity contribution in [3.05, 3.63) is 60.4 Å². The molecule has 1 aliphatic rings. The summed E-state index contributed by atoms with van der Waals surface area (Å²) in [4.78, 5) is 27.8.